The first-order chi connectivity index (χ1) is 28.9. The highest BCUT2D eigenvalue weighted by molar-refractivity contribution is 6.25. The van der Waals surface area contributed by atoms with Crippen LogP contribution in [0.1, 0.15) is 31.5 Å². The summed E-state index contributed by atoms with van der Waals surface area (Å²) in [7, 11) is 0. The lowest BCUT2D eigenvalue weighted by Gasteiger charge is -2.18. The van der Waals surface area contributed by atoms with Crippen LogP contribution in [0.3, 0.4) is 0 Å². The maximum absolute atomic E-state index is 9.53. The Bertz CT molecular complexity index is 3330. The number of hydrogen-bond acceptors (Lipinski definition) is 1. The monoisotopic (exact) mass is 519 g/mol. The minimum absolute atomic E-state index is 0.162. The van der Waals surface area contributed by atoms with Crippen molar-refractivity contribution >= 4 is 43.5 Å². The van der Waals surface area contributed by atoms with Crippen molar-refractivity contribution in [1.82, 2.24) is 0 Å². The highest BCUT2D eigenvalue weighted by Gasteiger charge is 2.20. The molecule has 0 fully saturated rings. The van der Waals surface area contributed by atoms with Crippen molar-refractivity contribution in [2.45, 2.75) is 0 Å². The van der Waals surface area contributed by atoms with Gasteiger partial charge in [-0.15, -0.1) is 0 Å². The third kappa shape index (κ3) is 3.41. The van der Waals surface area contributed by atoms with Crippen molar-refractivity contribution in [1.29, 1.82) is 0 Å². The molecular weight excluding hydrogens is 472 g/mol. The molecule has 0 spiro atoms. The van der Waals surface area contributed by atoms with Crippen LogP contribution < -0.4 is 0 Å². The quantitative estimate of drug-likeness (QED) is 0.212. The molecular formula is C38H24O. The van der Waals surface area contributed by atoms with Gasteiger partial charge in [0, 0.05) is 10.8 Å². The minimum atomic E-state index is -0.999. The number of benzene rings is 7. The molecule has 8 rings (SSSR count). The molecule has 0 saturated heterocycles. The van der Waals surface area contributed by atoms with E-state index >= 15 is 0 Å². The fourth-order valence-electron chi connectivity index (χ4n) is 4.71. The number of para-hydroxylation sites is 1. The molecule has 0 aliphatic carbocycles. The maximum atomic E-state index is 9.53. The normalized spacial score (nSPS) is 19.8. The summed E-state index contributed by atoms with van der Waals surface area (Å²) >= 11 is 0. The molecule has 0 amide bonds. The fourth-order valence-corrected chi connectivity index (χ4v) is 4.71. The standard InChI is InChI=1S/C38H24O/c1-2-12-25(13-3-1)26-14-10-15-27(24-26)36-28-16-4-6-18-30(28)37(31-19-7-5-17-29(31)36)33-21-11-23-35-38(33)32-20-8-9-22-34(32)39-35/h1-24H/i1D,2D,3D,4D,5D,6D,7D,8D,9D,10D,11D,12D,13D,14D,15D,16D,17D,18D,19D,21D,22D,23D,24D. The van der Waals surface area contributed by atoms with Crippen molar-refractivity contribution in [2.24, 2.45) is 0 Å². The third-order valence-electron chi connectivity index (χ3n) is 6.27. The lowest BCUT2D eigenvalue weighted by Crippen LogP contribution is -1.91. The average Bonchev–Trinajstić information content (AvgIpc) is 3.62. The van der Waals surface area contributed by atoms with Gasteiger partial charge in [0.1, 0.15) is 11.2 Å². The first-order valence-electron chi connectivity index (χ1n) is 23.0. The topological polar surface area (TPSA) is 13.1 Å². The molecule has 0 aliphatic heterocycles. The Labute approximate surface area is 258 Å². The summed E-state index contributed by atoms with van der Waals surface area (Å²) < 4.78 is 209. The Morgan fingerprint density at radius 2 is 0.974 bits per heavy atom. The number of furan rings is 1. The summed E-state index contributed by atoms with van der Waals surface area (Å²) in [5.41, 5.74) is -4.89. The summed E-state index contributed by atoms with van der Waals surface area (Å²) in [6.45, 7) is 0. The molecule has 39 heavy (non-hydrogen) atoms. The molecule has 1 nitrogen and oxygen atoms in total. The predicted molar refractivity (Wildman–Crippen MR) is 165 cm³/mol. The van der Waals surface area contributed by atoms with Crippen LogP contribution in [0.15, 0.2) is 149 Å². The van der Waals surface area contributed by atoms with Gasteiger partial charge in [-0.2, -0.15) is 0 Å². The van der Waals surface area contributed by atoms with E-state index in [1.807, 2.05) is 0 Å². The van der Waals surface area contributed by atoms with E-state index in [9.17, 15) is 9.60 Å². The highest BCUT2D eigenvalue weighted by atomic mass is 16.3. The van der Waals surface area contributed by atoms with Gasteiger partial charge in [-0.3, -0.25) is 0 Å². The zero-order chi connectivity index (χ0) is 45.8. The number of hydrogen-bond donors (Lipinski definition) is 0. The second kappa shape index (κ2) is 8.72. The van der Waals surface area contributed by atoms with Crippen LogP contribution in [0.25, 0.3) is 76.9 Å². The van der Waals surface area contributed by atoms with Gasteiger partial charge in [0.2, 0.25) is 0 Å². The molecule has 0 aliphatic rings. The van der Waals surface area contributed by atoms with Gasteiger partial charge < -0.3 is 4.42 Å². The van der Waals surface area contributed by atoms with Gasteiger partial charge in [-0.25, -0.2) is 0 Å². The smallest absolute Gasteiger partial charge is 0.136 e. The van der Waals surface area contributed by atoms with E-state index in [1.54, 1.807) is 0 Å². The second-order valence-electron chi connectivity index (χ2n) is 8.34. The van der Waals surface area contributed by atoms with Crippen LogP contribution in [0, 0.1) is 0 Å². The summed E-state index contributed by atoms with van der Waals surface area (Å²) in [6.07, 6.45) is 0. The van der Waals surface area contributed by atoms with Crippen LogP contribution in [0.5, 0.6) is 0 Å². The molecule has 182 valence electrons. The SMILES string of the molecule is [2H]c1cc2c(oc3c([2H])c([2H])c([2H])c(-c4c5c([2H])c([2H])c([2H])c([2H])c5c(-c5c([2H])c([2H])c([2H])c(-c6c([2H])c([2H])c([2H])c([2H])c6[2H])c5[2H])c5c([2H])c([2H])c([2H])c([2H])c45)c32)c([2H])c1[2H]. The Morgan fingerprint density at radius 1 is 0.410 bits per heavy atom. The summed E-state index contributed by atoms with van der Waals surface area (Å²) in [4.78, 5) is 0. The Hall–Kier alpha value is -5.14. The van der Waals surface area contributed by atoms with Gasteiger partial charge in [0.05, 0.1) is 31.5 Å². The third-order valence-corrected chi connectivity index (χ3v) is 6.27. The summed E-state index contributed by atoms with van der Waals surface area (Å²) in [6, 6.07) is -18.7. The van der Waals surface area contributed by atoms with E-state index in [1.165, 1.54) is 0 Å². The minimum Gasteiger partial charge on any atom is -0.456 e. The number of rotatable bonds is 3. The van der Waals surface area contributed by atoms with Gasteiger partial charge in [0.15, 0.2) is 0 Å². The van der Waals surface area contributed by atoms with Gasteiger partial charge in [-0.05, 0) is 73.1 Å². The Morgan fingerprint density at radius 3 is 1.72 bits per heavy atom. The first kappa shape index (κ1) is 8.97. The second-order valence-corrected chi connectivity index (χ2v) is 8.34. The molecule has 0 N–H and O–H groups in total. The van der Waals surface area contributed by atoms with E-state index in [-0.39, 0.29) is 16.4 Å². The molecule has 0 bridgehead atoms. The summed E-state index contributed by atoms with van der Waals surface area (Å²) in [5.74, 6) is 0. The molecule has 7 aromatic carbocycles. The average molecular weight is 520 g/mol. The van der Waals surface area contributed by atoms with Crippen LogP contribution in [0.2, 0.25) is 0 Å². The molecule has 1 heterocycles. The van der Waals surface area contributed by atoms with Gasteiger partial charge in [-0.1, -0.05) is 127 Å². The van der Waals surface area contributed by atoms with Crippen molar-refractivity contribution in [2.75, 3.05) is 0 Å². The fraction of sp³-hybridized carbons (Fsp3) is 0. The zero-order valence-electron chi connectivity index (χ0n) is 42.5. The lowest BCUT2D eigenvalue weighted by atomic mass is 9.84. The maximum Gasteiger partial charge on any atom is 0.136 e. The van der Waals surface area contributed by atoms with E-state index in [0.29, 0.717) is 0 Å². The van der Waals surface area contributed by atoms with Crippen molar-refractivity contribution in [3.63, 3.8) is 0 Å². The van der Waals surface area contributed by atoms with Crippen LogP contribution in [-0.2, 0) is 0 Å². The number of fused-ring (bicyclic) bond motifs is 5. The van der Waals surface area contributed by atoms with Crippen molar-refractivity contribution in [3.8, 4) is 33.4 Å². The highest BCUT2D eigenvalue weighted by Crippen LogP contribution is 2.47. The summed E-state index contributed by atoms with van der Waals surface area (Å²) in [5, 5.41) is -3.02. The van der Waals surface area contributed by atoms with Crippen LogP contribution >= 0.6 is 0 Å². The molecule has 8 aromatic rings. The lowest BCUT2D eigenvalue weighted by molar-refractivity contribution is 0.669. The van der Waals surface area contributed by atoms with Crippen molar-refractivity contribution in [3.05, 3.63) is 145 Å². The zero-order valence-corrected chi connectivity index (χ0v) is 19.5. The van der Waals surface area contributed by atoms with Crippen LogP contribution in [-0.4, -0.2) is 0 Å². The molecule has 0 saturated carbocycles. The van der Waals surface area contributed by atoms with E-state index < -0.39 is 199 Å². The van der Waals surface area contributed by atoms with E-state index in [4.69, 9.17) is 26.3 Å². The van der Waals surface area contributed by atoms with Gasteiger partial charge >= 0.3 is 0 Å². The predicted octanol–water partition coefficient (Wildman–Crippen LogP) is 10.9. The molecule has 1 heteroatoms. The Balaban J connectivity index is 1.76. The first-order valence-corrected chi connectivity index (χ1v) is 11.5. The molecule has 1 aromatic heterocycles. The molecule has 0 unspecified atom stereocenters. The largest absolute Gasteiger partial charge is 0.456 e. The van der Waals surface area contributed by atoms with E-state index in [2.05, 4.69) is 0 Å². The van der Waals surface area contributed by atoms with Crippen LogP contribution in [0.4, 0.5) is 0 Å². The molecule has 0 radical (unpaired) electrons. The van der Waals surface area contributed by atoms with Crippen molar-refractivity contribution < 1.29 is 35.9 Å². The van der Waals surface area contributed by atoms with E-state index in [0.717, 1.165) is 6.07 Å². The van der Waals surface area contributed by atoms with Gasteiger partial charge in [0.25, 0.3) is 0 Å². The molecule has 0 atom stereocenters. The Kier molecular flexibility index (Phi) is 2.00.